The van der Waals surface area contributed by atoms with E-state index >= 15 is 0 Å². The maximum absolute atomic E-state index is 5.49. The van der Waals surface area contributed by atoms with Gasteiger partial charge in [0.1, 0.15) is 17.2 Å². The molecule has 2 rings (SSSR count). The van der Waals surface area contributed by atoms with Crippen LogP contribution in [-0.2, 0) is 7.05 Å². The molecule has 0 atom stereocenters. The number of hydrogen-bond acceptors (Lipinski definition) is 5. The van der Waals surface area contributed by atoms with Crippen molar-refractivity contribution in [2.24, 2.45) is 7.05 Å². The van der Waals surface area contributed by atoms with E-state index in [-0.39, 0.29) is 0 Å². The van der Waals surface area contributed by atoms with Gasteiger partial charge < -0.3 is 5.73 Å². The molecule has 2 heterocycles. The van der Waals surface area contributed by atoms with Crippen molar-refractivity contribution in [2.45, 2.75) is 0 Å². The second-order valence-electron chi connectivity index (χ2n) is 2.57. The Kier molecular flexibility index (Phi) is 1.66. The second-order valence-corrected chi connectivity index (χ2v) is 2.57. The molecule has 0 saturated heterocycles. The summed E-state index contributed by atoms with van der Waals surface area (Å²) in [6.45, 7) is 0. The van der Waals surface area contributed by atoms with E-state index in [1.54, 1.807) is 24.1 Å². The van der Waals surface area contributed by atoms with E-state index in [0.29, 0.717) is 11.5 Å². The number of nitrogens with two attached hydrogens (primary N) is 1. The van der Waals surface area contributed by atoms with Crippen molar-refractivity contribution < 1.29 is 0 Å². The second kappa shape index (κ2) is 2.81. The molecule has 0 aromatic carbocycles. The lowest BCUT2D eigenvalue weighted by molar-refractivity contribution is 0.719. The molecule has 0 saturated carbocycles. The lowest BCUT2D eigenvalue weighted by Gasteiger charge is -1.99. The predicted octanol–water partition coefficient (Wildman–Crippen LogP) is -0.146. The molecule has 0 bridgehead atoms. The van der Waals surface area contributed by atoms with Crippen LogP contribution in [-0.4, -0.2) is 25.0 Å². The van der Waals surface area contributed by atoms with Gasteiger partial charge in [0.15, 0.2) is 0 Å². The van der Waals surface area contributed by atoms with Crippen LogP contribution in [0.25, 0.3) is 11.4 Å². The summed E-state index contributed by atoms with van der Waals surface area (Å²) in [6.07, 6.45) is 4.73. The maximum atomic E-state index is 5.49. The average Bonchev–Trinajstić information content (AvgIpc) is 2.51. The van der Waals surface area contributed by atoms with Gasteiger partial charge in [0, 0.05) is 7.05 Å². The zero-order chi connectivity index (χ0) is 9.26. The molecule has 0 aliphatic rings. The molecule has 13 heavy (non-hydrogen) atoms. The minimum atomic E-state index is 0.388. The molecule has 6 heteroatoms. The van der Waals surface area contributed by atoms with Crippen LogP contribution in [0.3, 0.4) is 0 Å². The van der Waals surface area contributed by atoms with Gasteiger partial charge in [-0.1, -0.05) is 5.21 Å². The SMILES string of the molecule is Cn1nncc1-c1cncc(N)n1. The first-order valence-corrected chi connectivity index (χ1v) is 3.70. The van der Waals surface area contributed by atoms with E-state index in [1.807, 2.05) is 0 Å². The van der Waals surface area contributed by atoms with Crippen molar-refractivity contribution in [3.05, 3.63) is 18.6 Å². The number of aryl methyl sites for hydroxylation is 1. The summed E-state index contributed by atoms with van der Waals surface area (Å²) in [5.74, 6) is 0.388. The van der Waals surface area contributed by atoms with Crippen LogP contribution in [0.15, 0.2) is 18.6 Å². The highest BCUT2D eigenvalue weighted by atomic mass is 15.4. The topological polar surface area (TPSA) is 82.5 Å². The van der Waals surface area contributed by atoms with Gasteiger partial charge in [0.05, 0.1) is 18.6 Å². The third-order valence-electron chi connectivity index (χ3n) is 1.63. The summed E-state index contributed by atoms with van der Waals surface area (Å²) < 4.78 is 1.61. The van der Waals surface area contributed by atoms with Gasteiger partial charge in [-0.25, -0.2) is 9.67 Å². The number of hydrogen-bond donors (Lipinski definition) is 1. The van der Waals surface area contributed by atoms with Gasteiger partial charge >= 0.3 is 0 Å². The van der Waals surface area contributed by atoms with Gasteiger partial charge in [-0.15, -0.1) is 5.10 Å². The minimum Gasteiger partial charge on any atom is -0.382 e. The van der Waals surface area contributed by atoms with Gasteiger partial charge in [0.2, 0.25) is 0 Å². The Morgan fingerprint density at radius 1 is 1.31 bits per heavy atom. The Balaban J connectivity index is 2.53. The third-order valence-corrected chi connectivity index (χ3v) is 1.63. The molecule has 0 aliphatic heterocycles. The molecule has 2 N–H and O–H groups in total. The molecule has 0 amide bonds. The van der Waals surface area contributed by atoms with Crippen LogP contribution in [0.5, 0.6) is 0 Å². The Morgan fingerprint density at radius 3 is 2.77 bits per heavy atom. The smallest absolute Gasteiger partial charge is 0.142 e. The van der Waals surface area contributed by atoms with E-state index in [0.717, 1.165) is 5.69 Å². The Bertz CT molecular complexity index is 420. The molecule has 0 fully saturated rings. The van der Waals surface area contributed by atoms with Crippen LogP contribution < -0.4 is 5.73 Å². The highest BCUT2D eigenvalue weighted by Crippen LogP contribution is 2.13. The molecule has 2 aromatic rings. The van der Waals surface area contributed by atoms with E-state index in [4.69, 9.17) is 5.73 Å². The average molecular weight is 176 g/mol. The fourth-order valence-corrected chi connectivity index (χ4v) is 1.03. The quantitative estimate of drug-likeness (QED) is 0.653. The van der Waals surface area contributed by atoms with E-state index in [1.165, 1.54) is 6.20 Å². The molecule has 0 aliphatic carbocycles. The molecule has 66 valence electrons. The summed E-state index contributed by atoms with van der Waals surface area (Å²) in [4.78, 5) is 8.02. The van der Waals surface area contributed by atoms with Crippen molar-refractivity contribution in [2.75, 3.05) is 5.73 Å². The van der Waals surface area contributed by atoms with Crippen LogP contribution >= 0.6 is 0 Å². The largest absolute Gasteiger partial charge is 0.382 e. The van der Waals surface area contributed by atoms with Gasteiger partial charge in [-0.2, -0.15) is 0 Å². The number of nitrogens with zero attached hydrogens (tertiary/aromatic N) is 5. The number of nitrogen functional groups attached to an aromatic ring is 1. The zero-order valence-corrected chi connectivity index (χ0v) is 7.05. The van der Waals surface area contributed by atoms with Crippen LogP contribution in [0.1, 0.15) is 0 Å². The molecular weight excluding hydrogens is 168 g/mol. The first-order chi connectivity index (χ1) is 6.27. The first kappa shape index (κ1) is 7.66. The summed E-state index contributed by atoms with van der Waals surface area (Å²) >= 11 is 0. The van der Waals surface area contributed by atoms with Gasteiger partial charge in [-0.05, 0) is 0 Å². The lowest BCUT2D eigenvalue weighted by Crippen LogP contribution is -1.98. The summed E-state index contributed by atoms with van der Waals surface area (Å²) in [5, 5.41) is 7.51. The van der Waals surface area contributed by atoms with E-state index in [2.05, 4.69) is 20.3 Å². The van der Waals surface area contributed by atoms with Gasteiger partial charge in [-0.3, -0.25) is 4.98 Å². The highest BCUT2D eigenvalue weighted by Gasteiger charge is 2.04. The predicted molar refractivity (Wildman–Crippen MR) is 46.4 cm³/mol. The van der Waals surface area contributed by atoms with Crippen molar-refractivity contribution in [1.29, 1.82) is 0 Å². The summed E-state index contributed by atoms with van der Waals surface area (Å²) in [7, 11) is 1.78. The molecule has 6 nitrogen and oxygen atoms in total. The maximum Gasteiger partial charge on any atom is 0.142 e. The van der Waals surface area contributed by atoms with Crippen molar-refractivity contribution >= 4 is 5.82 Å². The fraction of sp³-hybridized carbons (Fsp3) is 0.143. The van der Waals surface area contributed by atoms with Crippen LogP contribution in [0.4, 0.5) is 5.82 Å². The standard InChI is InChI=1S/C7H8N6/c1-13-6(3-10-12-13)5-2-9-4-7(8)11-5/h2-4H,1H3,(H2,8,11). The van der Waals surface area contributed by atoms with E-state index < -0.39 is 0 Å². The number of rotatable bonds is 1. The zero-order valence-electron chi connectivity index (χ0n) is 7.05. The minimum absolute atomic E-state index is 0.388. The molecular formula is C7H8N6. The van der Waals surface area contributed by atoms with Crippen LogP contribution in [0.2, 0.25) is 0 Å². The molecule has 0 radical (unpaired) electrons. The van der Waals surface area contributed by atoms with Crippen LogP contribution in [0, 0.1) is 0 Å². The third kappa shape index (κ3) is 1.33. The van der Waals surface area contributed by atoms with Crippen molar-refractivity contribution in [3.63, 3.8) is 0 Å². The van der Waals surface area contributed by atoms with Gasteiger partial charge in [0.25, 0.3) is 0 Å². The number of anilines is 1. The molecule has 2 aromatic heterocycles. The fourth-order valence-electron chi connectivity index (χ4n) is 1.03. The van der Waals surface area contributed by atoms with E-state index in [9.17, 15) is 0 Å². The molecule has 0 spiro atoms. The van der Waals surface area contributed by atoms with Crippen molar-refractivity contribution in [1.82, 2.24) is 25.0 Å². The highest BCUT2D eigenvalue weighted by molar-refractivity contribution is 5.53. The monoisotopic (exact) mass is 176 g/mol. The normalized spacial score (nSPS) is 10.2. The summed E-state index contributed by atoms with van der Waals surface area (Å²) in [5.41, 5.74) is 6.96. The van der Waals surface area contributed by atoms with Crippen molar-refractivity contribution in [3.8, 4) is 11.4 Å². The first-order valence-electron chi connectivity index (χ1n) is 3.70. The summed E-state index contributed by atoms with van der Waals surface area (Å²) in [6, 6.07) is 0. The Hall–Kier alpha value is -1.98. The lowest BCUT2D eigenvalue weighted by atomic mass is 10.3. The Labute approximate surface area is 74.4 Å². The Morgan fingerprint density at radius 2 is 2.15 bits per heavy atom. The molecule has 0 unspecified atom stereocenters. The number of aromatic nitrogens is 5.